The van der Waals surface area contributed by atoms with Crippen molar-refractivity contribution < 1.29 is 14.0 Å². The summed E-state index contributed by atoms with van der Waals surface area (Å²) in [7, 11) is 0. The highest BCUT2D eigenvalue weighted by Crippen LogP contribution is 2.40. The molecule has 0 saturated carbocycles. The monoisotopic (exact) mass is 398 g/mol. The molecule has 0 fully saturated rings. The topological polar surface area (TPSA) is 96.1 Å². The zero-order valence-corrected chi connectivity index (χ0v) is 16.4. The number of nitrogens with one attached hydrogen (secondary N) is 2. The van der Waals surface area contributed by atoms with Gasteiger partial charge in [0.05, 0.1) is 17.8 Å². The fraction of sp³-hybridized carbons (Fsp3) is 0.300. The van der Waals surface area contributed by atoms with E-state index in [1.807, 2.05) is 31.2 Å². The lowest BCUT2D eigenvalue weighted by Crippen LogP contribution is -2.38. The number of carbonyl (C=O) groups excluding carboxylic acids is 2. The van der Waals surface area contributed by atoms with E-state index in [9.17, 15) is 9.59 Å². The molecule has 144 valence electrons. The lowest BCUT2D eigenvalue weighted by Gasteiger charge is -2.24. The largest absolute Gasteiger partial charge is 0.461 e. The van der Waals surface area contributed by atoms with Crippen LogP contribution in [0.4, 0.5) is 0 Å². The number of halogens is 1. The van der Waals surface area contributed by atoms with E-state index in [2.05, 4.69) is 21.1 Å². The number of hydrogen-bond donors (Lipinski definition) is 2. The normalized spacial score (nSPS) is 22.6. The number of benzene rings is 1. The Morgan fingerprint density at radius 3 is 2.11 bits per heavy atom. The van der Waals surface area contributed by atoms with Crippen molar-refractivity contribution in [2.45, 2.75) is 26.7 Å². The highest BCUT2D eigenvalue weighted by Gasteiger charge is 2.47. The molecule has 2 amide bonds. The van der Waals surface area contributed by atoms with Crippen molar-refractivity contribution in [2.75, 3.05) is 0 Å². The maximum absolute atomic E-state index is 12.5. The number of hydrogen-bond acceptors (Lipinski definition) is 5. The van der Waals surface area contributed by atoms with E-state index >= 15 is 0 Å². The molecule has 2 aromatic rings. The second-order valence-corrected chi connectivity index (χ2v) is 7.54. The van der Waals surface area contributed by atoms with Crippen LogP contribution < -0.4 is 10.9 Å². The Bertz CT molecular complexity index is 1000. The highest BCUT2D eigenvalue weighted by molar-refractivity contribution is 6.30. The van der Waals surface area contributed by atoms with Crippen LogP contribution in [0.5, 0.6) is 0 Å². The molecule has 2 N–H and O–H groups in total. The number of carbonyl (C=O) groups is 2. The fourth-order valence-electron chi connectivity index (χ4n) is 3.85. The number of hydrazone groups is 2. The van der Waals surface area contributed by atoms with Crippen LogP contribution in [-0.4, -0.2) is 23.2 Å². The van der Waals surface area contributed by atoms with Crippen LogP contribution in [0, 0.1) is 18.8 Å². The van der Waals surface area contributed by atoms with Crippen LogP contribution in [0.3, 0.4) is 0 Å². The van der Waals surface area contributed by atoms with Gasteiger partial charge in [-0.25, -0.2) is 10.9 Å². The molecule has 0 radical (unpaired) electrons. The van der Waals surface area contributed by atoms with Crippen LogP contribution in [0.1, 0.15) is 31.1 Å². The summed E-state index contributed by atoms with van der Waals surface area (Å²) in [5.41, 5.74) is 8.08. The van der Waals surface area contributed by atoms with Crippen molar-refractivity contribution in [3.63, 3.8) is 0 Å². The Labute approximate surface area is 166 Å². The van der Waals surface area contributed by atoms with Gasteiger partial charge in [-0.1, -0.05) is 17.7 Å². The third-order valence-corrected chi connectivity index (χ3v) is 5.52. The highest BCUT2D eigenvalue weighted by atomic mass is 35.5. The van der Waals surface area contributed by atoms with Crippen molar-refractivity contribution in [3.05, 3.63) is 46.7 Å². The van der Waals surface area contributed by atoms with Crippen molar-refractivity contribution in [3.8, 4) is 11.3 Å². The molecule has 7 nitrogen and oxygen atoms in total. The van der Waals surface area contributed by atoms with Crippen LogP contribution in [0.15, 0.2) is 45.0 Å². The first-order chi connectivity index (χ1) is 13.4. The summed E-state index contributed by atoms with van der Waals surface area (Å²) in [6.07, 6.45) is 0. The second kappa shape index (κ2) is 6.91. The van der Waals surface area contributed by atoms with Gasteiger partial charge in [0.1, 0.15) is 11.5 Å². The Kier molecular flexibility index (Phi) is 4.55. The van der Waals surface area contributed by atoms with E-state index in [0.29, 0.717) is 28.0 Å². The molecular weight excluding hydrogens is 380 g/mol. The third-order valence-electron chi connectivity index (χ3n) is 5.29. The van der Waals surface area contributed by atoms with Gasteiger partial charge in [-0.05, 0) is 50.6 Å². The minimum Gasteiger partial charge on any atom is -0.461 e. The average molecular weight is 399 g/mol. The molecule has 0 saturated heterocycles. The predicted molar refractivity (Wildman–Crippen MR) is 106 cm³/mol. The molecule has 2 aliphatic rings. The van der Waals surface area contributed by atoms with Crippen LogP contribution in [0.2, 0.25) is 5.02 Å². The molecule has 1 aromatic carbocycles. The summed E-state index contributed by atoms with van der Waals surface area (Å²) in [6, 6.07) is 9.20. The van der Waals surface area contributed by atoms with E-state index < -0.39 is 17.8 Å². The van der Waals surface area contributed by atoms with Gasteiger partial charge in [0.15, 0.2) is 0 Å². The maximum atomic E-state index is 12.5. The number of furan rings is 1. The number of nitrogens with zero attached hydrogens (tertiary/aromatic N) is 2. The van der Waals surface area contributed by atoms with Crippen LogP contribution in [-0.2, 0) is 9.59 Å². The molecule has 28 heavy (non-hydrogen) atoms. The van der Waals surface area contributed by atoms with Gasteiger partial charge >= 0.3 is 0 Å². The molecule has 8 heteroatoms. The zero-order chi connectivity index (χ0) is 20.0. The van der Waals surface area contributed by atoms with E-state index in [1.165, 1.54) is 0 Å². The minimum atomic E-state index is -0.613. The van der Waals surface area contributed by atoms with Crippen molar-refractivity contribution in [2.24, 2.45) is 22.0 Å². The molecule has 4 rings (SSSR count). The number of amides is 2. The quantitative estimate of drug-likeness (QED) is 0.827. The van der Waals surface area contributed by atoms with Gasteiger partial charge in [-0.2, -0.15) is 10.2 Å². The van der Waals surface area contributed by atoms with Gasteiger partial charge < -0.3 is 4.42 Å². The Balaban J connectivity index is 1.80. The van der Waals surface area contributed by atoms with E-state index in [1.54, 1.807) is 19.9 Å². The van der Waals surface area contributed by atoms with Gasteiger partial charge in [0.2, 0.25) is 11.8 Å². The van der Waals surface area contributed by atoms with Crippen molar-refractivity contribution in [1.82, 2.24) is 10.9 Å². The molecule has 1 aromatic heterocycles. The smallest absolute Gasteiger partial charge is 0.249 e. The summed E-state index contributed by atoms with van der Waals surface area (Å²) < 4.78 is 6.16. The average Bonchev–Trinajstić information content (AvgIpc) is 3.35. The molecule has 0 spiro atoms. The van der Waals surface area contributed by atoms with Gasteiger partial charge in [-0.3, -0.25) is 9.59 Å². The van der Waals surface area contributed by atoms with E-state index in [-0.39, 0.29) is 11.8 Å². The summed E-state index contributed by atoms with van der Waals surface area (Å²) >= 11 is 6.14. The SMILES string of the molecule is CC1=NNC(=O)C1C(c1ccc(-c2cc(Cl)ccc2C)o1)C1C(=O)NN=C1C. The maximum Gasteiger partial charge on any atom is 0.249 e. The van der Waals surface area contributed by atoms with Crippen molar-refractivity contribution >= 4 is 34.8 Å². The molecule has 3 heterocycles. The summed E-state index contributed by atoms with van der Waals surface area (Å²) in [6.45, 7) is 5.49. The first-order valence-electron chi connectivity index (χ1n) is 8.91. The van der Waals surface area contributed by atoms with Crippen molar-refractivity contribution in [1.29, 1.82) is 0 Å². The predicted octanol–water partition coefficient (Wildman–Crippen LogP) is 3.24. The van der Waals surface area contributed by atoms with E-state index in [4.69, 9.17) is 16.0 Å². The third kappa shape index (κ3) is 3.01. The molecule has 2 atom stereocenters. The number of rotatable bonds is 4. The van der Waals surface area contributed by atoms with Crippen LogP contribution >= 0.6 is 11.6 Å². The summed E-state index contributed by atoms with van der Waals surface area (Å²) in [4.78, 5) is 25.0. The molecule has 0 bridgehead atoms. The van der Waals surface area contributed by atoms with Gasteiger partial charge in [-0.15, -0.1) is 0 Å². The Morgan fingerprint density at radius 2 is 1.57 bits per heavy atom. The first kappa shape index (κ1) is 18.4. The minimum absolute atomic E-state index is 0.258. The standard InChI is InChI=1S/C20H19ClN4O3/c1-9-4-5-12(21)8-13(9)14-6-7-15(28-14)18(16-10(2)22-24-19(16)26)17-11(3)23-25-20(17)27/h4-8,16-18H,1-3H3,(H,24,26)(H,25,27). The first-order valence-corrected chi connectivity index (χ1v) is 9.29. The van der Waals surface area contributed by atoms with Gasteiger partial charge in [0.25, 0.3) is 0 Å². The number of aryl methyl sites for hydroxylation is 1. The summed E-state index contributed by atoms with van der Waals surface area (Å²) in [5.74, 6) is -1.13. The fourth-order valence-corrected chi connectivity index (χ4v) is 4.02. The second-order valence-electron chi connectivity index (χ2n) is 7.10. The summed E-state index contributed by atoms with van der Waals surface area (Å²) in [5, 5.41) is 8.69. The van der Waals surface area contributed by atoms with Crippen LogP contribution in [0.25, 0.3) is 11.3 Å². The molecule has 2 unspecified atom stereocenters. The van der Waals surface area contributed by atoms with Gasteiger partial charge in [0, 0.05) is 22.0 Å². The Hall–Kier alpha value is -2.93. The molecular formula is C20H19ClN4O3. The lowest BCUT2D eigenvalue weighted by molar-refractivity contribution is -0.125. The van der Waals surface area contributed by atoms with E-state index in [0.717, 1.165) is 11.1 Å². The lowest BCUT2D eigenvalue weighted by atomic mass is 9.75. The zero-order valence-electron chi connectivity index (χ0n) is 15.6. The molecule has 0 aliphatic carbocycles. The molecule has 2 aliphatic heterocycles. The Morgan fingerprint density at radius 1 is 0.964 bits per heavy atom.